The molecule has 2 aromatic rings. The van der Waals surface area contributed by atoms with Gasteiger partial charge in [0.05, 0.1) is 0 Å². The van der Waals surface area contributed by atoms with Crippen molar-refractivity contribution in [3.63, 3.8) is 0 Å². The van der Waals surface area contributed by atoms with E-state index < -0.39 is 0 Å². The van der Waals surface area contributed by atoms with Crippen LogP contribution >= 0.6 is 12.4 Å². The van der Waals surface area contributed by atoms with Crippen LogP contribution in [-0.4, -0.2) is 47.1 Å². The lowest BCUT2D eigenvalue weighted by atomic mass is 9.92. The van der Waals surface area contributed by atoms with Crippen LogP contribution < -0.4 is 5.32 Å². The highest BCUT2D eigenvalue weighted by molar-refractivity contribution is 5.85. The average molecular weight is 409 g/mol. The Hall–Kier alpha value is -1.99. The van der Waals surface area contributed by atoms with Gasteiger partial charge in [-0.25, -0.2) is 4.39 Å². The molecular weight excluding hydrogens is 383 g/mol. The van der Waals surface area contributed by atoms with E-state index in [0.29, 0.717) is 47.5 Å². The molecule has 0 radical (unpaired) electrons. The van der Waals surface area contributed by atoms with Crippen LogP contribution in [0, 0.1) is 24.6 Å². The highest BCUT2D eigenvalue weighted by atomic mass is 35.5. The molecule has 4 rings (SSSR count). The molecule has 6 nitrogen and oxygen atoms in total. The van der Waals surface area contributed by atoms with Crippen LogP contribution in [0.4, 0.5) is 4.39 Å². The van der Waals surface area contributed by atoms with Crippen LogP contribution in [0.3, 0.4) is 0 Å². The number of aryl methyl sites for hydroxylation is 2. The van der Waals surface area contributed by atoms with E-state index in [4.69, 9.17) is 4.52 Å². The van der Waals surface area contributed by atoms with Crippen LogP contribution in [-0.2, 0) is 11.2 Å². The topological polar surface area (TPSA) is 71.3 Å². The number of carbonyl (C=O) groups is 1. The van der Waals surface area contributed by atoms with Gasteiger partial charge in [-0.05, 0) is 56.3 Å². The number of amides is 1. The smallest absolute Gasteiger partial charge is 0.227 e. The quantitative estimate of drug-likeness (QED) is 0.842. The molecule has 2 fully saturated rings. The molecule has 1 N–H and O–H groups in total. The Labute approximate surface area is 170 Å². The highest BCUT2D eigenvalue weighted by Crippen LogP contribution is 2.27. The van der Waals surface area contributed by atoms with E-state index in [0.717, 1.165) is 39.0 Å². The number of likely N-dealkylation sites (tertiary alicyclic amines) is 1. The number of carbonyl (C=O) groups excluding carboxylic acids is 1. The summed E-state index contributed by atoms with van der Waals surface area (Å²) in [5.41, 5.74) is 1.15. The summed E-state index contributed by atoms with van der Waals surface area (Å²) < 4.78 is 19.0. The zero-order valence-electron chi connectivity index (χ0n) is 16.0. The third-order valence-electron chi connectivity index (χ3n) is 5.82. The first-order valence-corrected chi connectivity index (χ1v) is 9.68. The average Bonchev–Trinajstić information content (AvgIpc) is 3.28. The third kappa shape index (κ3) is 4.52. The van der Waals surface area contributed by atoms with Crippen LogP contribution in [0.2, 0.25) is 0 Å². The zero-order chi connectivity index (χ0) is 18.8. The number of aromatic nitrogens is 2. The predicted molar refractivity (Wildman–Crippen MR) is 106 cm³/mol. The molecular formula is C20H26ClFN4O2. The lowest BCUT2D eigenvalue weighted by molar-refractivity contribution is -0.131. The standard InChI is InChI=1S/C20H25FN4O2.ClH/c1-13-2-3-14(10-17(13)21)20-23-18(27-24-20)4-5-19(26)25-8-6-15-11-22-12-16(15)7-9-25;/h2-3,10,15-16,22H,4-9,11-12H2,1H3;1H/t15-,16+;. The van der Waals surface area contributed by atoms with Gasteiger partial charge in [0.1, 0.15) is 5.82 Å². The maximum atomic E-state index is 13.7. The largest absolute Gasteiger partial charge is 0.343 e. The predicted octanol–water partition coefficient (Wildman–Crippen LogP) is 3.00. The zero-order valence-corrected chi connectivity index (χ0v) is 16.8. The molecule has 0 saturated carbocycles. The van der Waals surface area contributed by atoms with Crippen molar-refractivity contribution in [2.45, 2.75) is 32.6 Å². The van der Waals surface area contributed by atoms with Gasteiger partial charge in [0.25, 0.3) is 0 Å². The second kappa shape index (κ2) is 9.01. The van der Waals surface area contributed by atoms with Crippen molar-refractivity contribution in [1.82, 2.24) is 20.4 Å². The molecule has 0 aliphatic carbocycles. The molecule has 8 heteroatoms. The third-order valence-corrected chi connectivity index (χ3v) is 5.82. The molecule has 2 saturated heterocycles. The molecule has 0 spiro atoms. The molecule has 2 aliphatic rings. The molecule has 0 unspecified atom stereocenters. The Morgan fingerprint density at radius 2 is 2.00 bits per heavy atom. The fourth-order valence-electron chi connectivity index (χ4n) is 4.05. The van der Waals surface area contributed by atoms with Crippen LogP contribution in [0.1, 0.15) is 30.7 Å². The van der Waals surface area contributed by atoms with Crippen molar-refractivity contribution in [2.24, 2.45) is 11.8 Å². The summed E-state index contributed by atoms with van der Waals surface area (Å²) in [5, 5.41) is 7.37. The monoisotopic (exact) mass is 408 g/mol. The van der Waals surface area contributed by atoms with Gasteiger partial charge in [0.2, 0.25) is 17.6 Å². The second-order valence-corrected chi connectivity index (χ2v) is 7.61. The van der Waals surface area contributed by atoms with E-state index in [2.05, 4.69) is 15.5 Å². The van der Waals surface area contributed by atoms with E-state index in [1.165, 1.54) is 6.07 Å². The van der Waals surface area contributed by atoms with Gasteiger partial charge in [0, 0.05) is 31.5 Å². The molecule has 1 amide bonds. The first kappa shape index (κ1) is 20.7. The number of hydrogen-bond donors (Lipinski definition) is 1. The highest BCUT2D eigenvalue weighted by Gasteiger charge is 2.31. The molecule has 1 aromatic heterocycles. The maximum Gasteiger partial charge on any atom is 0.227 e. The molecule has 3 heterocycles. The van der Waals surface area contributed by atoms with E-state index in [1.807, 2.05) is 4.90 Å². The summed E-state index contributed by atoms with van der Waals surface area (Å²) in [6.07, 6.45) is 2.92. The molecule has 28 heavy (non-hydrogen) atoms. The fourth-order valence-corrected chi connectivity index (χ4v) is 4.05. The number of nitrogens with one attached hydrogen (secondary N) is 1. The Morgan fingerprint density at radius 3 is 2.68 bits per heavy atom. The van der Waals surface area contributed by atoms with Crippen LogP contribution in [0.25, 0.3) is 11.4 Å². The summed E-state index contributed by atoms with van der Waals surface area (Å²) in [6, 6.07) is 4.85. The summed E-state index contributed by atoms with van der Waals surface area (Å²) in [6.45, 7) is 5.53. The molecule has 1 aromatic carbocycles. The molecule has 2 atom stereocenters. The van der Waals surface area contributed by atoms with Crippen molar-refractivity contribution in [1.29, 1.82) is 0 Å². The SMILES string of the molecule is Cc1ccc(-c2noc(CCC(=O)N3CC[C@@H]4CNC[C@@H]4CC3)n2)cc1F.Cl. The lowest BCUT2D eigenvalue weighted by Crippen LogP contribution is -2.32. The van der Waals surface area contributed by atoms with Crippen molar-refractivity contribution in [3.8, 4) is 11.4 Å². The van der Waals surface area contributed by atoms with Gasteiger partial charge in [-0.2, -0.15) is 4.98 Å². The van der Waals surface area contributed by atoms with Gasteiger partial charge in [0.15, 0.2) is 0 Å². The first-order chi connectivity index (χ1) is 13.1. The minimum absolute atomic E-state index is 0. The number of hydrogen-bond acceptors (Lipinski definition) is 5. The van der Waals surface area contributed by atoms with Gasteiger partial charge in [-0.3, -0.25) is 4.79 Å². The fraction of sp³-hybridized carbons (Fsp3) is 0.550. The van der Waals surface area contributed by atoms with Crippen LogP contribution in [0.15, 0.2) is 22.7 Å². The summed E-state index contributed by atoms with van der Waals surface area (Å²) in [7, 11) is 0. The van der Waals surface area contributed by atoms with E-state index in [1.54, 1.807) is 19.1 Å². The molecule has 0 bridgehead atoms. The number of fused-ring (bicyclic) bond motifs is 1. The first-order valence-electron chi connectivity index (χ1n) is 9.68. The Kier molecular flexibility index (Phi) is 6.67. The maximum absolute atomic E-state index is 13.7. The van der Waals surface area contributed by atoms with Gasteiger partial charge >= 0.3 is 0 Å². The summed E-state index contributed by atoms with van der Waals surface area (Å²) in [5.74, 6) is 2.02. The van der Waals surface area contributed by atoms with E-state index in [-0.39, 0.29) is 24.1 Å². The van der Waals surface area contributed by atoms with Crippen molar-refractivity contribution in [2.75, 3.05) is 26.2 Å². The van der Waals surface area contributed by atoms with Gasteiger partial charge in [-0.1, -0.05) is 17.3 Å². The number of rotatable bonds is 4. The molecule has 152 valence electrons. The second-order valence-electron chi connectivity index (χ2n) is 7.61. The summed E-state index contributed by atoms with van der Waals surface area (Å²) >= 11 is 0. The Balaban J connectivity index is 0.00000225. The van der Waals surface area contributed by atoms with Crippen LogP contribution in [0.5, 0.6) is 0 Å². The number of nitrogens with zero attached hydrogens (tertiary/aromatic N) is 3. The summed E-state index contributed by atoms with van der Waals surface area (Å²) in [4.78, 5) is 18.9. The molecule has 2 aliphatic heterocycles. The van der Waals surface area contributed by atoms with Crippen molar-refractivity contribution < 1.29 is 13.7 Å². The van der Waals surface area contributed by atoms with Crippen molar-refractivity contribution >= 4 is 18.3 Å². The van der Waals surface area contributed by atoms with Gasteiger partial charge in [-0.15, -0.1) is 12.4 Å². The van der Waals surface area contributed by atoms with Gasteiger partial charge < -0.3 is 14.7 Å². The minimum atomic E-state index is -0.296. The number of benzene rings is 1. The van der Waals surface area contributed by atoms with E-state index in [9.17, 15) is 9.18 Å². The Morgan fingerprint density at radius 1 is 1.29 bits per heavy atom. The Bertz CT molecular complexity index is 814. The van der Waals surface area contributed by atoms with Crippen molar-refractivity contribution in [3.05, 3.63) is 35.5 Å². The number of halogens is 2. The minimum Gasteiger partial charge on any atom is -0.343 e. The van der Waals surface area contributed by atoms with E-state index >= 15 is 0 Å². The lowest BCUT2D eigenvalue weighted by Gasteiger charge is -2.20. The normalized spacial score (nSPS) is 21.7.